The zero-order valence-corrected chi connectivity index (χ0v) is 17.1. The average Bonchev–Trinajstić information content (AvgIpc) is 3.08. The number of amides is 2. The fourth-order valence-electron chi connectivity index (χ4n) is 3.11. The van der Waals surface area contributed by atoms with Crippen molar-refractivity contribution in [3.8, 4) is 0 Å². The third-order valence-corrected chi connectivity index (χ3v) is 5.20. The third-order valence-electron chi connectivity index (χ3n) is 4.45. The number of nitrogens with zero attached hydrogens (tertiary/aromatic N) is 1. The zero-order valence-electron chi connectivity index (χ0n) is 14.8. The van der Waals surface area contributed by atoms with E-state index in [1.54, 1.807) is 18.2 Å². The fraction of sp³-hybridized carbons (Fsp3) is 0.300. The van der Waals surface area contributed by atoms with Gasteiger partial charge < -0.3 is 10.6 Å². The van der Waals surface area contributed by atoms with Crippen molar-refractivity contribution in [2.45, 2.75) is 19.0 Å². The van der Waals surface area contributed by atoms with E-state index in [1.165, 1.54) is 5.56 Å². The maximum atomic E-state index is 12.1. The Bertz CT molecular complexity index is 813. The summed E-state index contributed by atoms with van der Waals surface area (Å²) >= 11 is 9.25. The molecule has 0 bridgehead atoms. The van der Waals surface area contributed by atoms with Gasteiger partial charge in [-0.1, -0.05) is 45.7 Å². The van der Waals surface area contributed by atoms with Gasteiger partial charge in [0.15, 0.2) is 0 Å². The molecule has 27 heavy (non-hydrogen) atoms. The highest BCUT2D eigenvalue weighted by Gasteiger charge is 2.23. The second kappa shape index (κ2) is 9.35. The van der Waals surface area contributed by atoms with Crippen LogP contribution in [0.3, 0.4) is 0 Å². The fourth-order valence-corrected chi connectivity index (χ4v) is 3.64. The lowest BCUT2D eigenvalue weighted by Crippen LogP contribution is -2.43. The van der Waals surface area contributed by atoms with E-state index >= 15 is 0 Å². The van der Waals surface area contributed by atoms with Crippen molar-refractivity contribution in [1.29, 1.82) is 0 Å². The van der Waals surface area contributed by atoms with Crippen molar-refractivity contribution in [1.82, 2.24) is 15.5 Å². The van der Waals surface area contributed by atoms with E-state index in [4.69, 9.17) is 11.6 Å². The van der Waals surface area contributed by atoms with Gasteiger partial charge in [0.25, 0.3) is 5.91 Å². The second-order valence-electron chi connectivity index (χ2n) is 6.61. The van der Waals surface area contributed by atoms with Gasteiger partial charge in [0.05, 0.1) is 6.54 Å². The first kappa shape index (κ1) is 19.9. The van der Waals surface area contributed by atoms with E-state index in [0.717, 1.165) is 35.6 Å². The Balaban J connectivity index is 1.41. The molecule has 0 radical (unpaired) electrons. The molecule has 1 atom stereocenters. The van der Waals surface area contributed by atoms with Crippen LogP contribution in [0.4, 0.5) is 0 Å². The maximum Gasteiger partial charge on any atom is 0.251 e. The number of benzene rings is 2. The molecular weight excluding hydrogens is 430 g/mol. The molecule has 3 rings (SSSR count). The minimum atomic E-state index is -0.262. The summed E-state index contributed by atoms with van der Waals surface area (Å²) in [4.78, 5) is 26.5. The Morgan fingerprint density at radius 3 is 2.70 bits per heavy atom. The van der Waals surface area contributed by atoms with Gasteiger partial charge in [-0.15, -0.1) is 0 Å². The van der Waals surface area contributed by atoms with Crippen molar-refractivity contribution in [2.75, 3.05) is 19.6 Å². The molecule has 1 aliphatic rings. The van der Waals surface area contributed by atoms with E-state index in [1.807, 2.05) is 30.3 Å². The molecule has 0 saturated carbocycles. The lowest BCUT2D eigenvalue weighted by Gasteiger charge is -2.17. The molecule has 1 heterocycles. The van der Waals surface area contributed by atoms with Crippen LogP contribution in [-0.4, -0.2) is 42.4 Å². The van der Waals surface area contributed by atoms with Gasteiger partial charge in [-0.25, -0.2) is 0 Å². The number of carbonyl (C=O) groups is 2. The van der Waals surface area contributed by atoms with Gasteiger partial charge in [0.1, 0.15) is 0 Å². The lowest BCUT2D eigenvalue weighted by molar-refractivity contribution is -0.120. The van der Waals surface area contributed by atoms with Gasteiger partial charge in [-0.3, -0.25) is 14.5 Å². The summed E-state index contributed by atoms with van der Waals surface area (Å²) in [7, 11) is 0. The van der Waals surface area contributed by atoms with Crippen LogP contribution in [0.1, 0.15) is 22.3 Å². The third kappa shape index (κ3) is 6.06. The molecule has 0 aliphatic carbocycles. The summed E-state index contributed by atoms with van der Waals surface area (Å²) in [5, 5.41) is 6.39. The summed E-state index contributed by atoms with van der Waals surface area (Å²) in [5.41, 5.74) is 1.72. The quantitative estimate of drug-likeness (QED) is 0.710. The predicted molar refractivity (Wildman–Crippen MR) is 110 cm³/mol. The zero-order chi connectivity index (χ0) is 19.2. The SMILES string of the molecule is O=C(CNC(=O)c1cccc(Br)c1)N[C@H]1CCN(Cc2ccc(Cl)cc2)C1. The molecule has 0 aromatic heterocycles. The van der Waals surface area contributed by atoms with Gasteiger partial charge in [0.2, 0.25) is 5.91 Å². The van der Waals surface area contributed by atoms with Crippen molar-refractivity contribution < 1.29 is 9.59 Å². The number of hydrogen-bond donors (Lipinski definition) is 2. The highest BCUT2D eigenvalue weighted by atomic mass is 79.9. The van der Waals surface area contributed by atoms with Crippen LogP contribution >= 0.6 is 27.5 Å². The average molecular weight is 451 g/mol. The molecule has 2 aromatic rings. The van der Waals surface area contributed by atoms with Crippen LogP contribution in [0.5, 0.6) is 0 Å². The topological polar surface area (TPSA) is 61.4 Å². The van der Waals surface area contributed by atoms with Crippen molar-refractivity contribution in [3.05, 3.63) is 69.2 Å². The van der Waals surface area contributed by atoms with Gasteiger partial charge in [-0.05, 0) is 42.3 Å². The normalized spacial score (nSPS) is 16.9. The van der Waals surface area contributed by atoms with Crippen molar-refractivity contribution in [2.24, 2.45) is 0 Å². The van der Waals surface area contributed by atoms with Crippen molar-refractivity contribution in [3.63, 3.8) is 0 Å². The molecular formula is C20H21BrClN3O2. The smallest absolute Gasteiger partial charge is 0.251 e. The summed E-state index contributed by atoms with van der Waals surface area (Å²) in [5.74, 6) is -0.432. The van der Waals surface area contributed by atoms with Gasteiger partial charge in [-0.2, -0.15) is 0 Å². The van der Waals surface area contributed by atoms with E-state index < -0.39 is 0 Å². The minimum Gasteiger partial charge on any atom is -0.350 e. The second-order valence-corrected chi connectivity index (χ2v) is 7.96. The summed E-state index contributed by atoms with van der Waals surface area (Å²) < 4.78 is 0.825. The predicted octanol–water partition coefficient (Wildman–Crippen LogP) is 3.22. The molecule has 5 nitrogen and oxygen atoms in total. The van der Waals surface area contributed by atoms with Crippen LogP contribution < -0.4 is 10.6 Å². The van der Waals surface area contributed by atoms with Gasteiger partial charge >= 0.3 is 0 Å². The van der Waals surface area contributed by atoms with E-state index in [-0.39, 0.29) is 24.4 Å². The molecule has 2 aromatic carbocycles. The summed E-state index contributed by atoms with van der Waals surface area (Å²) in [6.07, 6.45) is 0.902. The molecule has 1 fully saturated rings. The van der Waals surface area contributed by atoms with Crippen LogP contribution in [0.25, 0.3) is 0 Å². The molecule has 2 amide bonds. The van der Waals surface area contributed by atoms with E-state index in [2.05, 4.69) is 31.5 Å². The monoisotopic (exact) mass is 449 g/mol. The molecule has 7 heteroatoms. The van der Waals surface area contributed by atoms with E-state index in [9.17, 15) is 9.59 Å². The molecule has 1 saturated heterocycles. The first-order valence-corrected chi connectivity index (χ1v) is 9.96. The highest BCUT2D eigenvalue weighted by Crippen LogP contribution is 2.16. The van der Waals surface area contributed by atoms with Crippen molar-refractivity contribution >= 4 is 39.3 Å². The first-order chi connectivity index (χ1) is 13.0. The Morgan fingerprint density at radius 1 is 1.19 bits per heavy atom. The number of rotatable bonds is 6. The van der Waals surface area contributed by atoms with Gasteiger partial charge in [0, 0.05) is 40.7 Å². The van der Waals surface area contributed by atoms with Crippen LogP contribution in [0.15, 0.2) is 53.0 Å². The van der Waals surface area contributed by atoms with Crippen LogP contribution in [0, 0.1) is 0 Å². The number of carbonyl (C=O) groups excluding carboxylic acids is 2. The van der Waals surface area contributed by atoms with E-state index in [0.29, 0.717) is 5.56 Å². The highest BCUT2D eigenvalue weighted by molar-refractivity contribution is 9.10. The minimum absolute atomic E-state index is 0.0287. The Hall–Kier alpha value is -1.89. The molecule has 0 unspecified atom stereocenters. The number of hydrogen-bond acceptors (Lipinski definition) is 3. The number of nitrogens with one attached hydrogen (secondary N) is 2. The summed E-state index contributed by atoms with van der Waals surface area (Å²) in [6, 6.07) is 15.0. The summed E-state index contributed by atoms with van der Waals surface area (Å²) in [6.45, 7) is 2.54. The first-order valence-electron chi connectivity index (χ1n) is 8.79. The largest absolute Gasteiger partial charge is 0.350 e. The Labute approximate surface area is 172 Å². The number of halogens is 2. The molecule has 0 spiro atoms. The standard InChI is InChI=1S/C20H21BrClN3O2/c21-16-3-1-2-15(10-16)20(27)23-11-19(26)24-18-8-9-25(13-18)12-14-4-6-17(22)7-5-14/h1-7,10,18H,8-9,11-13H2,(H,23,27)(H,24,26)/t18-/m0/s1. The molecule has 142 valence electrons. The molecule has 2 N–H and O–H groups in total. The Morgan fingerprint density at radius 2 is 1.96 bits per heavy atom. The van der Waals surface area contributed by atoms with Crippen LogP contribution in [-0.2, 0) is 11.3 Å². The number of likely N-dealkylation sites (tertiary alicyclic amines) is 1. The maximum absolute atomic E-state index is 12.1. The van der Waals surface area contributed by atoms with Crippen LogP contribution in [0.2, 0.25) is 5.02 Å². The Kier molecular flexibility index (Phi) is 6.88. The lowest BCUT2D eigenvalue weighted by atomic mass is 10.2. The molecule has 1 aliphatic heterocycles.